The topological polar surface area (TPSA) is 57.8 Å². The van der Waals surface area contributed by atoms with Gasteiger partial charge in [-0.15, -0.1) is 0 Å². The van der Waals surface area contributed by atoms with E-state index >= 15 is 0 Å². The molecule has 0 radical (unpaired) electrons. The first-order chi connectivity index (χ1) is 11.1. The summed E-state index contributed by atoms with van der Waals surface area (Å²) in [6.45, 7) is 2.36. The van der Waals surface area contributed by atoms with E-state index in [9.17, 15) is 4.79 Å². The highest BCUT2D eigenvalue weighted by Gasteiger charge is 2.16. The Hall–Kier alpha value is -1.98. The number of aromatic amines is 1. The number of rotatable bonds is 5. The average Bonchev–Trinajstić information content (AvgIpc) is 2.96. The van der Waals surface area contributed by atoms with Gasteiger partial charge in [-0.05, 0) is 36.8 Å². The highest BCUT2D eigenvalue weighted by Crippen LogP contribution is 2.23. The van der Waals surface area contributed by atoms with Crippen LogP contribution >= 0.6 is 23.4 Å². The summed E-state index contributed by atoms with van der Waals surface area (Å²) in [5.41, 5.74) is 2.90. The first-order valence-corrected chi connectivity index (χ1v) is 8.51. The molecule has 2 N–H and O–H groups in total. The Kier molecular flexibility index (Phi) is 4.88. The van der Waals surface area contributed by atoms with Gasteiger partial charge in [-0.1, -0.05) is 47.6 Å². The zero-order chi connectivity index (χ0) is 16.2. The first-order valence-electron chi connectivity index (χ1n) is 7.25. The van der Waals surface area contributed by atoms with Gasteiger partial charge in [-0.3, -0.25) is 4.79 Å². The Morgan fingerprint density at radius 2 is 2.00 bits per heavy atom. The van der Waals surface area contributed by atoms with Crippen LogP contribution in [0.5, 0.6) is 0 Å². The quantitative estimate of drug-likeness (QED) is 0.687. The van der Waals surface area contributed by atoms with Gasteiger partial charge >= 0.3 is 0 Å². The summed E-state index contributed by atoms with van der Waals surface area (Å²) in [6.07, 6.45) is 0. The number of imidazole rings is 1. The molecular formula is C17H16ClN3OS. The van der Waals surface area contributed by atoms with Gasteiger partial charge in [0, 0.05) is 11.6 Å². The molecule has 6 heteroatoms. The molecular weight excluding hydrogens is 330 g/mol. The summed E-state index contributed by atoms with van der Waals surface area (Å²) in [6, 6.07) is 15.3. The average molecular weight is 346 g/mol. The van der Waals surface area contributed by atoms with E-state index < -0.39 is 0 Å². The van der Waals surface area contributed by atoms with Crippen LogP contribution in [0.2, 0.25) is 5.02 Å². The Bertz CT molecular complexity index is 783. The molecule has 0 spiro atoms. The number of aromatic nitrogens is 2. The smallest absolute Gasteiger partial charge is 0.233 e. The molecule has 1 heterocycles. The maximum Gasteiger partial charge on any atom is 0.233 e. The number of hydrogen-bond acceptors (Lipinski definition) is 3. The molecule has 0 aliphatic carbocycles. The lowest BCUT2D eigenvalue weighted by molar-refractivity contribution is -0.120. The summed E-state index contributed by atoms with van der Waals surface area (Å²) in [5.74, 6) is -0.0228. The zero-order valence-electron chi connectivity index (χ0n) is 12.5. The number of benzene rings is 2. The maximum atomic E-state index is 12.2. The molecule has 4 nitrogen and oxygen atoms in total. The van der Waals surface area contributed by atoms with Crippen molar-refractivity contribution in [2.75, 3.05) is 0 Å². The SMILES string of the molecule is CC(Sc1nc2ccccc2[nH]1)C(=O)NCc1ccc(Cl)cc1. The largest absolute Gasteiger partial charge is 0.351 e. The minimum Gasteiger partial charge on any atom is -0.351 e. The molecule has 1 atom stereocenters. The number of halogens is 1. The van der Waals surface area contributed by atoms with E-state index in [2.05, 4.69) is 15.3 Å². The van der Waals surface area contributed by atoms with Crippen LogP contribution in [0.3, 0.4) is 0 Å². The van der Waals surface area contributed by atoms with Crippen LogP contribution in [-0.4, -0.2) is 21.1 Å². The summed E-state index contributed by atoms with van der Waals surface area (Å²) < 4.78 is 0. The standard InChI is InChI=1S/C17H16ClN3OS/c1-11(16(22)19-10-12-6-8-13(18)9-7-12)23-17-20-14-4-2-3-5-15(14)21-17/h2-9,11H,10H2,1H3,(H,19,22)(H,20,21). The highest BCUT2D eigenvalue weighted by molar-refractivity contribution is 8.00. The van der Waals surface area contributed by atoms with E-state index in [1.165, 1.54) is 11.8 Å². The minimum atomic E-state index is -0.233. The number of hydrogen-bond donors (Lipinski definition) is 2. The Balaban J connectivity index is 1.57. The molecule has 1 amide bonds. The lowest BCUT2D eigenvalue weighted by atomic mass is 10.2. The minimum absolute atomic E-state index is 0.0228. The molecule has 1 aromatic heterocycles. The number of fused-ring (bicyclic) bond motifs is 1. The Labute approximate surface area is 143 Å². The molecule has 0 aliphatic heterocycles. The number of H-pyrrole nitrogens is 1. The van der Waals surface area contributed by atoms with Gasteiger partial charge in [0.1, 0.15) is 0 Å². The van der Waals surface area contributed by atoms with E-state index in [1.807, 2.05) is 55.5 Å². The van der Waals surface area contributed by atoms with Crippen molar-refractivity contribution in [1.29, 1.82) is 0 Å². The Morgan fingerprint density at radius 1 is 1.26 bits per heavy atom. The van der Waals surface area contributed by atoms with Crippen molar-refractivity contribution in [2.45, 2.75) is 23.9 Å². The van der Waals surface area contributed by atoms with E-state index in [0.29, 0.717) is 11.6 Å². The van der Waals surface area contributed by atoms with Crippen molar-refractivity contribution in [1.82, 2.24) is 15.3 Å². The second kappa shape index (κ2) is 7.06. The summed E-state index contributed by atoms with van der Waals surface area (Å²) in [5, 5.41) is 4.13. The highest BCUT2D eigenvalue weighted by atomic mass is 35.5. The van der Waals surface area contributed by atoms with Crippen molar-refractivity contribution in [2.24, 2.45) is 0 Å². The maximum absolute atomic E-state index is 12.2. The fourth-order valence-corrected chi connectivity index (χ4v) is 3.11. The van der Waals surface area contributed by atoms with Crippen LogP contribution < -0.4 is 5.32 Å². The summed E-state index contributed by atoms with van der Waals surface area (Å²) in [4.78, 5) is 19.9. The van der Waals surface area contributed by atoms with Crippen LogP contribution in [0.4, 0.5) is 0 Å². The van der Waals surface area contributed by atoms with Gasteiger partial charge in [0.15, 0.2) is 5.16 Å². The van der Waals surface area contributed by atoms with E-state index in [-0.39, 0.29) is 11.2 Å². The predicted octanol–water partition coefficient (Wildman–Crippen LogP) is 4.01. The normalized spacial score (nSPS) is 12.3. The number of thioether (sulfide) groups is 1. The van der Waals surface area contributed by atoms with Gasteiger partial charge in [-0.25, -0.2) is 4.98 Å². The summed E-state index contributed by atoms with van der Waals surface area (Å²) >= 11 is 7.26. The van der Waals surface area contributed by atoms with Crippen LogP contribution in [0, 0.1) is 0 Å². The molecule has 118 valence electrons. The number of carbonyl (C=O) groups excluding carboxylic acids is 1. The Morgan fingerprint density at radius 3 is 2.74 bits per heavy atom. The lowest BCUT2D eigenvalue weighted by Gasteiger charge is -2.10. The molecule has 3 aromatic rings. The summed E-state index contributed by atoms with van der Waals surface area (Å²) in [7, 11) is 0. The van der Waals surface area contributed by atoms with Crippen molar-refractivity contribution < 1.29 is 4.79 Å². The van der Waals surface area contributed by atoms with Gasteiger partial charge < -0.3 is 10.3 Å². The van der Waals surface area contributed by atoms with Crippen LogP contribution in [0.25, 0.3) is 11.0 Å². The number of amides is 1. The second-order valence-corrected chi connectivity index (χ2v) is 6.93. The first kappa shape index (κ1) is 15.9. The molecule has 23 heavy (non-hydrogen) atoms. The third-order valence-corrected chi connectivity index (χ3v) is 4.64. The molecule has 0 aliphatic rings. The lowest BCUT2D eigenvalue weighted by Crippen LogP contribution is -2.30. The van der Waals surface area contributed by atoms with Crippen LogP contribution in [0.15, 0.2) is 53.7 Å². The number of nitrogens with zero attached hydrogens (tertiary/aromatic N) is 1. The molecule has 1 unspecified atom stereocenters. The second-order valence-electron chi connectivity index (χ2n) is 5.16. The fourth-order valence-electron chi connectivity index (χ4n) is 2.14. The van der Waals surface area contributed by atoms with Crippen molar-refractivity contribution in [3.8, 4) is 0 Å². The monoisotopic (exact) mass is 345 g/mol. The van der Waals surface area contributed by atoms with E-state index in [4.69, 9.17) is 11.6 Å². The van der Waals surface area contributed by atoms with E-state index in [0.717, 1.165) is 21.8 Å². The molecule has 0 bridgehead atoms. The molecule has 0 saturated carbocycles. The van der Waals surface area contributed by atoms with Gasteiger partial charge in [0.2, 0.25) is 5.91 Å². The third-order valence-electron chi connectivity index (χ3n) is 3.41. The van der Waals surface area contributed by atoms with Crippen molar-refractivity contribution in [3.05, 3.63) is 59.1 Å². The molecule has 2 aromatic carbocycles. The van der Waals surface area contributed by atoms with Gasteiger partial charge in [-0.2, -0.15) is 0 Å². The van der Waals surface area contributed by atoms with Crippen LogP contribution in [-0.2, 0) is 11.3 Å². The van der Waals surface area contributed by atoms with Crippen molar-refractivity contribution >= 4 is 40.3 Å². The van der Waals surface area contributed by atoms with Gasteiger partial charge in [0.05, 0.1) is 16.3 Å². The fraction of sp³-hybridized carbons (Fsp3) is 0.176. The van der Waals surface area contributed by atoms with Crippen LogP contribution in [0.1, 0.15) is 12.5 Å². The van der Waals surface area contributed by atoms with E-state index in [1.54, 1.807) is 0 Å². The molecule has 0 saturated heterocycles. The number of para-hydroxylation sites is 2. The van der Waals surface area contributed by atoms with Crippen molar-refractivity contribution in [3.63, 3.8) is 0 Å². The molecule has 0 fully saturated rings. The zero-order valence-corrected chi connectivity index (χ0v) is 14.1. The third kappa shape index (κ3) is 4.06. The van der Waals surface area contributed by atoms with Gasteiger partial charge in [0.25, 0.3) is 0 Å². The molecule has 3 rings (SSSR count). The number of nitrogens with one attached hydrogen (secondary N) is 2. The number of carbonyl (C=O) groups is 1. The predicted molar refractivity (Wildman–Crippen MR) is 94.7 cm³/mol.